The summed E-state index contributed by atoms with van der Waals surface area (Å²) in [6, 6.07) is 2.46. The Kier molecular flexibility index (Phi) is 6.57. The number of amides is 1. The lowest BCUT2D eigenvalue weighted by molar-refractivity contribution is -0.131. The van der Waals surface area contributed by atoms with Crippen LogP contribution in [0.4, 0.5) is 0 Å². The zero-order valence-corrected chi connectivity index (χ0v) is 13.9. The van der Waals surface area contributed by atoms with Crippen molar-refractivity contribution in [1.82, 2.24) is 19.6 Å². The molecule has 0 N–H and O–H groups in total. The standard InChI is InChI=1S/C15H26N4OS/c1-14(5-12-21-2)17-7-4-8-18(11-10-17)15(20)13-19-9-3-6-16-19/h3,6,9,14H,4-5,7-8,10-13H2,1-2H3. The number of rotatable bonds is 6. The van der Waals surface area contributed by atoms with Crippen molar-refractivity contribution in [2.75, 3.05) is 38.2 Å². The van der Waals surface area contributed by atoms with Crippen LogP contribution in [0.3, 0.4) is 0 Å². The first-order chi connectivity index (χ1) is 10.2. The molecule has 0 bridgehead atoms. The van der Waals surface area contributed by atoms with Gasteiger partial charge in [0.1, 0.15) is 6.54 Å². The third-order valence-corrected chi connectivity index (χ3v) is 4.75. The van der Waals surface area contributed by atoms with Crippen LogP contribution in [-0.4, -0.2) is 69.7 Å². The molecule has 1 unspecified atom stereocenters. The summed E-state index contributed by atoms with van der Waals surface area (Å²) < 4.78 is 1.70. The molecule has 6 heteroatoms. The van der Waals surface area contributed by atoms with Crippen molar-refractivity contribution in [3.63, 3.8) is 0 Å². The fraction of sp³-hybridized carbons (Fsp3) is 0.733. The minimum Gasteiger partial charge on any atom is -0.340 e. The van der Waals surface area contributed by atoms with Crippen molar-refractivity contribution in [3.05, 3.63) is 18.5 Å². The van der Waals surface area contributed by atoms with E-state index in [0.29, 0.717) is 12.6 Å². The van der Waals surface area contributed by atoms with Gasteiger partial charge in [-0.25, -0.2) is 0 Å². The van der Waals surface area contributed by atoms with Gasteiger partial charge in [-0.15, -0.1) is 0 Å². The fourth-order valence-corrected chi connectivity index (χ4v) is 3.31. The van der Waals surface area contributed by atoms with Gasteiger partial charge < -0.3 is 4.90 Å². The molecule has 1 amide bonds. The quantitative estimate of drug-likeness (QED) is 0.799. The van der Waals surface area contributed by atoms with Crippen LogP contribution in [-0.2, 0) is 11.3 Å². The lowest BCUT2D eigenvalue weighted by Gasteiger charge is -2.27. The predicted octanol–water partition coefficient (Wildman–Crippen LogP) is 1.56. The van der Waals surface area contributed by atoms with Crippen molar-refractivity contribution >= 4 is 17.7 Å². The van der Waals surface area contributed by atoms with E-state index in [1.165, 1.54) is 12.2 Å². The molecular weight excluding hydrogens is 284 g/mol. The number of carbonyl (C=O) groups is 1. The zero-order chi connectivity index (χ0) is 15.1. The van der Waals surface area contributed by atoms with Crippen molar-refractivity contribution in [1.29, 1.82) is 0 Å². The lowest BCUT2D eigenvalue weighted by Crippen LogP contribution is -2.39. The number of hydrogen-bond donors (Lipinski definition) is 0. The molecule has 0 radical (unpaired) electrons. The first-order valence-electron chi connectivity index (χ1n) is 7.69. The Bertz CT molecular complexity index is 423. The summed E-state index contributed by atoms with van der Waals surface area (Å²) in [7, 11) is 0. The van der Waals surface area contributed by atoms with E-state index in [1.54, 1.807) is 10.9 Å². The molecule has 1 aliphatic heterocycles. The van der Waals surface area contributed by atoms with Crippen LogP contribution in [0.2, 0.25) is 0 Å². The maximum atomic E-state index is 12.3. The molecule has 1 aliphatic rings. The second-order valence-corrected chi connectivity index (χ2v) is 6.59. The van der Waals surface area contributed by atoms with Crippen LogP contribution in [0.25, 0.3) is 0 Å². The summed E-state index contributed by atoms with van der Waals surface area (Å²) in [6.45, 7) is 6.45. The van der Waals surface area contributed by atoms with Crippen LogP contribution in [0, 0.1) is 0 Å². The average molecular weight is 310 g/mol. The van der Waals surface area contributed by atoms with Gasteiger partial charge in [-0.3, -0.25) is 14.4 Å². The fourth-order valence-electron chi connectivity index (χ4n) is 2.73. The molecule has 0 aromatic carbocycles. The molecule has 2 heterocycles. The summed E-state index contributed by atoms with van der Waals surface area (Å²) >= 11 is 1.91. The minimum atomic E-state index is 0.178. The summed E-state index contributed by atoms with van der Waals surface area (Å²) in [4.78, 5) is 16.8. The Morgan fingerprint density at radius 1 is 1.33 bits per heavy atom. The van der Waals surface area contributed by atoms with Gasteiger partial charge in [0.15, 0.2) is 0 Å². The Hall–Kier alpha value is -1.01. The number of hydrogen-bond acceptors (Lipinski definition) is 4. The molecule has 2 rings (SSSR count). The second-order valence-electron chi connectivity index (χ2n) is 5.60. The van der Waals surface area contributed by atoms with Gasteiger partial charge in [0.05, 0.1) is 0 Å². The number of nitrogens with zero attached hydrogens (tertiary/aromatic N) is 4. The highest BCUT2D eigenvalue weighted by atomic mass is 32.2. The van der Waals surface area contributed by atoms with E-state index in [1.807, 2.05) is 28.9 Å². The van der Waals surface area contributed by atoms with Gasteiger partial charge in [0.25, 0.3) is 0 Å². The molecule has 118 valence electrons. The molecule has 1 fully saturated rings. The SMILES string of the molecule is CSCCC(C)N1CCCN(C(=O)Cn2cccn2)CC1. The number of carbonyl (C=O) groups excluding carboxylic acids is 1. The van der Waals surface area contributed by atoms with Crippen LogP contribution in [0.1, 0.15) is 19.8 Å². The first kappa shape index (κ1) is 16.4. The summed E-state index contributed by atoms with van der Waals surface area (Å²) in [5.41, 5.74) is 0. The van der Waals surface area contributed by atoms with Crippen LogP contribution < -0.4 is 0 Å². The zero-order valence-electron chi connectivity index (χ0n) is 13.1. The molecule has 0 saturated carbocycles. The molecule has 1 atom stereocenters. The van der Waals surface area contributed by atoms with E-state index in [-0.39, 0.29) is 5.91 Å². The van der Waals surface area contributed by atoms with E-state index in [9.17, 15) is 4.79 Å². The van der Waals surface area contributed by atoms with Gasteiger partial charge in [0, 0.05) is 44.6 Å². The lowest BCUT2D eigenvalue weighted by atomic mass is 10.2. The molecule has 0 aliphatic carbocycles. The molecular formula is C15H26N4OS. The summed E-state index contributed by atoms with van der Waals surface area (Å²) in [5, 5.41) is 4.11. The van der Waals surface area contributed by atoms with E-state index >= 15 is 0 Å². The molecule has 21 heavy (non-hydrogen) atoms. The van der Waals surface area contributed by atoms with Crippen molar-refractivity contribution in [2.45, 2.75) is 32.4 Å². The predicted molar refractivity (Wildman–Crippen MR) is 87.5 cm³/mol. The highest BCUT2D eigenvalue weighted by molar-refractivity contribution is 7.98. The first-order valence-corrected chi connectivity index (χ1v) is 9.08. The maximum Gasteiger partial charge on any atom is 0.244 e. The van der Waals surface area contributed by atoms with E-state index < -0.39 is 0 Å². The Morgan fingerprint density at radius 2 is 2.19 bits per heavy atom. The monoisotopic (exact) mass is 310 g/mol. The molecule has 0 spiro atoms. The minimum absolute atomic E-state index is 0.178. The van der Waals surface area contributed by atoms with Crippen molar-refractivity contribution in [3.8, 4) is 0 Å². The maximum absolute atomic E-state index is 12.3. The van der Waals surface area contributed by atoms with Crippen LogP contribution in [0.15, 0.2) is 18.5 Å². The van der Waals surface area contributed by atoms with Crippen molar-refractivity contribution in [2.24, 2.45) is 0 Å². The highest BCUT2D eigenvalue weighted by Gasteiger charge is 2.21. The van der Waals surface area contributed by atoms with Crippen LogP contribution in [0.5, 0.6) is 0 Å². The van der Waals surface area contributed by atoms with Gasteiger partial charge in [-0.2, -0.15) is 16.9 Å². The van der Waals surface area contributed by atoms with Crippen molar-refractivity contribution < 1.29 is 4.79 Å². The van der Waals surface area contributed by atoms with E-state index in [4.69, 9.17) is 0 Å². The van der Waals surface area contributed by atoms with Gasteiger partial charge >= 0.3 is 0 Å². The van der Waals surface area contributed by atoms with Gasteiger partial charge in [0.2, 0.25) is 5.91 Å². The normalized spacial score (nSPS) is 18.5. The smallest absolute Gasteiger partial charge is 0.244 e. The third kappa shape index (κ3) is 5.04. The number of thioether (sulfide) groups is 1. The third-order valence-electron chi connectivity index (χ3n) is 4.10. The van der Waals surface area contributed by atoms with E-state index in [0.717, 1.165) is 32.6 Å². The largest absolute Gasteiger partial charge is 0.340 e. The Labute approximate surface area is 131 Å². The Morgan fingerprint density at radius 3 is 2.90 bits per heavy atom. The number of aromatic nitrogens is 2. The van der Waals surface area contributed by atoms with E-state index in [2.05, 4.69) is 23.2 Å². The van der Waals surface area contributed by atoms with Gasteiger partial charge in [-0.05, 0) is 37.8 Å². The molecule has 1 saturated heterocycles. The average Bonchev–Trinajstić information content (AvgIpc) is 2.86. The topological polar surface area (TPSA) is 41.4 Å². The second kappa shape index (κ2) is 8.44. The summed E-state index contributed by atoms with van der Waals surface area (Å²) in [6.07, 6.45) is 8.00. The summed E-state index contributed by atoms with van der Waals surface area (Å²) in [5.74, 6) is 1.39. The van der Waals surface area contributed by atoms with Crippen LogP contribution >= 0.6 is 11.8 Å². The van der Waals surface area contributed by atoms with Gasteiger partial charge in [-0.1, -0.05) is 0 Å². The Balaban J connectivity index is 1.81. The molecule has 1 aromatic rings. The molecule has 5 nitrogen and oxygen atoms in total. The highest BCUT2D eigenvalue weighted by Crippen LogP contribution is 2.12. The molecule has 1 aromatic heterocycles.